The molecule has 2 aliphatic rings. The normalized spacial score (nSPS) is 27.3. The predicted octanol–water partition coefficient (Wildman–Crippen LogP) is 2.74. The zero-order chi connectivity index (χ0) is 20.4. The Bertz CT molecular complexity index is 690. The van der Waals surface area contributed by atoms with E-state index >= 15 is 0 Å². The topological polar surface area (TPSA) is 72.9 Å². The summed E-state index contributed by atoms with van der Waals surface area (Å²) >= 11 is 0. The second-order valence-electron chi connectivity index (χ2n) is 8.20. The van der Waals surface area contributed by atoms with E-state index in [1.165, 1.54) is 0 Å². The van der Waals surface area contributed by atoms with Gasteiger partial charge in [0.25, 0.3) is 0 Å². The number of esters is 2. The van der Waals surface area contributed by atoms with Crippen molar-refractivity contribution < 1.29 is 23.9 Å². The van der Waals surface area contributed by atoms with Crippen molar-refractivity contribution >= 4 is 17.7 Å². The SMILES string of the molecule is CC(C)OC(=O)C1C(=O)C(C(=O)OC(C)C)C2CCC1N2Cc1ccccc1. The second-order valence-corrected chi connectivity index (χ2v) is 8.20. The first kappa shape index (κ1) is 20.5. The van der Waals surface area contributed by atoms with Crippen LogP contribution in [0, 0.1) is 11.8 Å². The molecule has 0 saturated carbocycles. The van der Waals surface area contributed by atoms with Crippen molar-refractivity contribution in [2.75, 3.05) is 0 Å². The number of piperidine rings is 1. The molecule has 6 nitrogen and oxygen atoms in total. The maximum Gasteiger partial charge on any atom is 0.318 e. The van der Waals surface area contributed by atoms with Gasteiger partial charge in [0.2, 0.25) is 0 Å². The molecule has 4 atom stereocenters. The van der Waals surface area contributed by atoms with E-state index in [1.807, 2.05) is 30.3 Å². The van der Waals surface area contributed by atoms with Crippen LogP contribution in [0.1, 0.15) is 46.1 Å². The van der Waals surface area contributed by atoms with Gasteiger partial charge >= 0.3 is 11.9 Å². The fraction of sp³-hybridized carbons (Fsp3) is 0.591. The van der Waals surface area contributed by atoms with Gasteiger partial charge < -0.3 is 9.47 Å². The molecule has 6 heteroatoms. The first-order valence-electron chi connectivity index (χ1n) is 10.0. The molecule has 4 unspecified atom stereocenters. The third-order valence-corrected chi connectivity index (χ3v) is 5.41. The smallest absolute Gasteiger partial charge is 0.318 e. The van der Waals surface area contributed by atoms with E-state index in [0.29, 0.717) is 19.4 Å². The van der Waals surface area contributed by atoms with Crippen LogP contribution < -0.4 is 0 Å². The fourth-order valence-corrected chi connectivity index (χ4v) is 4.39. The summed E-state index contributed by atoms with van der Waals surface area (Å²) in [6.07, 6.45) is 0.741. The summed E-state index contributed by atoms with van der Waals surface area (Å²) in [7, 11) is 0. The number of ether oxygens (including phenoxy) is 2. The molecule has 0 amide bonds. The molecule has 28 heavy (non-hydrogen) atoms. The van der Waals surface area contributed by atoms with Gasteiger partial charge in [0, 0.05) is 18.6 Å². The summed E-state index contributed by atoms with van der Waals surface area (Å²) in [6, 6.07) is 9.41. The number of rotatable bonds is 6. The van der Waals surface area contributed by atoms with Crippen LogP contribution in [0.25, 0.3) is 0 Å². The van der Waals surface area contributed by atoms with E-state index in [-0.39, 0.29) is 30.1 Å². The molecule has 0 spiro atoms. The molecule has 0 aromatic heterocycles. The molecule has 2 fully saturated rings. The Hall–Kier alpha value is -2.21. The van der Waals surface area contributed by atoms with Crippen LogP contribution in [-0.2, 0) is 30.4 Å². The zero-order valence-corrected chi connectivity index (χ0v) is 17.0. The van der Waals surface area contributed by atoms with Crippen molar-refractivity contribution in [3.05, 3.63) is 35.9 Å². The van der Waals surface area contributed by atoms with E-state index in [0.717, 1.165) is 5.56 Å². The lowest BCUT2D eigenvalue weighted by Gasteiger charge is -2.41. The Kier molecular flexibility index (Phi) is 6.18. The Morgan fingerprint density at radius 2 is 1.39 bits per heavy atom. The highest BCUT2D eigenvalue weighted by Gasteiger charge is 2.58. The van der Waals surface area contributed by atoms with Crippen molar-refractivity contribution in [1.29, 1.82) is 0 Å². The Morgan fingerprint density at radius 3 is 1.82 bits per heavy atom. The number of carbonyl (C=O) groups is 3. The largest absolute Gasteiger partial charge is 0.462 e. The van der Waals surface area contributed by atoms with Crippen LogP contribution in [-0.4, -0.2) is 46.9 Å². The maximum absolute atomic E-state index is 13.2. The van der Waals surface area contributed by atoms with Gasteiger partial charge in [-0.1, -0.05) is 30.3 Å². The Balaban J connectivity index is 1.93. The number of carbonyl (C=O) groups excluding carboxylic acids is 3. The lowest BCUT2D eigenvalue weighted by atomic mass is 9.81. The Labute approximate surface area is 166 Å². The minimum atomic E-state index is -0.949. The van der Waals surface area contributed by atoms with Crippen molar-refractivity contribution in [2.24, 2.45) is 11.8 Å². The number of ketones is 1. The molecule has 152 valence electrons. The molecule has 0 aliphatic carbocycles. The molecule has 3 rings (SSSR count). The molecule has 0 N–H and O–H groups in total. The van der Waals surface area contributed by atoms with Crippen LogP contribution in [0.15, 0.2) is 30.3 Å². The van der Waals surface area contributed by atoms with Gasteiger partial charge in [0.05, 0.1) is 12.2 Å². The minimum Gasteiger partial charge on any atom is -0.462 e. The van der Waals surface area contributed by atoms with Gasteiger partial charge in [0.1, 0.15) is 11.8 Å². The summed E-state index contributed by atoms with van der Waals surface area (Å²) < 4.78 is 10.8. The molecular weight excluding hydrogens is 358 g/mol. The lowest BCUT2D eigenvalue weighted by molar-refractivity contribution is -0.169. The first-order valence-corrected chi connectivity index (χ1v) is 10.0. The molecule has 1 aromatic carbocycles. The van der Waals surface area contributed by atoms with E-state index in [9.17, 15) is 14.4 Å². The van der Waals surface area contributed by atoms with Gasteiger partial charge in [-0.25, -0.2) is 0 Å². The number of fused-ring (bicyclic) bond motifs is 2. The van der Waals surface area contributed by atoms with Crippen LogP contribution in [0.2, 0.25) is 0 Å². The summed E-state index contributed by atoms with van der Waals surface area (Å²) in [5, 5.41) is 0. The summed E-state index contributed by atoms with van der Waals surface area (Å²) in [6.45, 7) is 7.62. The van der Waals surface area contributed by atoms with Crippen LogP contribution >= 0.6 is 0 Å². The highest BCUT2D eigenvalue weighted by Crippen LogP contribution is 2.42. The molecule has 2 bridgehead atoms. The van der Waals surface area contributed by atoms with Crippen LogP contribution in [0.5, 0.6) is 0 Å². The predicted molar refractivity (Wildman–Crippen MR) is 103 cm³/mol. The van der Waals surface area contributed by atoms with E-state index < -0.39 is 23.8 Å². The number of nitrogens with zero attached hydrogens (tertiary/aromatic N) is 1. The van der Waals surface area contributed by atoms with Gasteiger partial charge in [0.15, 0.2) is 5.78 Å². The van der Waals surface area contributed by atoms with Crippen molar-refractivity contribution in [3.8, 4) is 0 Å². The number of Topliss-reactive ketones (excluding diaryl/α,β-unsaturated/α-hetero) is 1. The standard InChI is InChI=1S/C22H29NO5/c1-13(2)27-21(25)18-16-10-11-17(19(20(18)24)22(26)28-14(3)4)23(16)12-15-8-6-5-7-9-15/h5-9,13-14,16-19H,10-12H2,1-4H3. The summed E-state index contributed by atoms with van der Waals surface area (Å²) in [5.41, 5.74) is 1.08. The molecule has 1 aromatic rings. The second kappa shape index (κ2) is 8.43. The zero-order valence-electron chi connectivity index (χ0n) is 17.0. The summed E-state index contributed by atoms with van der Waals surface area (Å²) in [4.78, 5) is 40.9. The number of hydrogen-bond donors (Lipinski definition) is 0. The monoisotopic (exact) mass is 387 g/mol. The van der Waals surface area contributed by atoms with Gasteiger partial charge in [-0.05, 0) is 46.1 Å². The van der Waals surface area contributed by atoms with E-state index in [2.05, 4.69) is 4.90 Å². The van der Waals surface area contributed by atoms with Gasteiger partial charge in [-0.3, -0.25) is 19.3 Å². The molecule has 2 heterocycles. The van der Waals surface area contributed by atoms with Crippen molar-refractivity contribution in [1.82, 2.24) is 4.90 Å². The van der Waals surface area contributed by atoms with Crippen molar-refractivity contribution in [3.63, 3.8) is 0 Å². The fourth-order valence-electron chi connectivity index (χ4n) is 4.39. The third kappa shape index (κ3) is 4.12. The highest BCUT2D eigenvalue weighted by molar-refractivity contribution is 6.10. The van der Waals surface area contributed by atoms with Crippen molar-refractivity contribution in [2.45, 2.75) is 71.4 Å². The Morgan fingerprint density at radius 1 is 0.929 bits per heavy atom. The molecular formula is C22H29NO5. The van der Waals surface area contributed by atoms with E-state index in [1.54, 1.807) is 27.7 Å². The average Bonchev–Trinajstić information content (AvgIpc) is 2.90. The maximum atomic E-state index is 13.2. The molecule has 2 aliphatic heterocycles. The van der Waals surface area contributed by atoms with Gasteiger partial charge in [-0.2, -0.15) is 0 Å². The summed E-state index contributed by atoms with van der Waals surface area (Å²) in [5.74, 6) is -3.33. The lowest BCUT2D eigenvalue weighted by Crippen LogP contribution is -2.59. The average molecular weight is 387 g/mol. The number of benzene rings is 1. The first-order chi connectivity index (χ1) is 13.3. The molecule has 2 saturated heterocycles. The number of hydrogen-bond acceptors (Lipinski definition) is 6. The quantitative estimate of drug-likeness (QED) is 0.552. The van der Waals surface area contributed by atoms with Gasteiger partial charge in [-0.15, -0.1) is 0 Å². The minimum absolute atomic E-state index is 0.243. The van der Waals surface area contributed by atoms with Crippen LogP contribution in [0.4, 0.5) is 0 Å². The van der Waals surface area contributed by atoms with E-state index in [4.69, 9.17) is 9.47 Å². The van der Waals surface area contributed by atoms with Crippen LogP contribution in [0.3, 0.4) is 0 Å². The third-order valence-electron chi connectivity index (χ3n) is 5.41. The highest BCUT2D eigenvalue weighted by atomic mass is 16.5. The molecule has 0 radical (unpaired) electrons.